The van der Waals surface area contributed by atoms with E-state index in [0.29, 0.717) is 5.92 Å². The van der Waals surface area contributed by atoms with Gasteiger partial charge < -0.3 is 14.4 Å². The Labute approximate surface area is 143 Å². The van der Waals surface area contributed by atoms with Gasteiger partial charge in [-0.15, -0.1) is 0 Å². The molecular weight excluding hydrogens is 300 g/mol. The lowest BCUT2D eigenvalue weighted by Gasteiger charge is -2.35. The van der Waals surface area contributed by atoms with Gasteiger partial charge in [0.25, 0.3) is 0 Å². The van der Waals surface area contributed by atoms with Gasteiger partial charge in [0.1, 0.15) is 5.82 Å². The predicted octanol–water partition coefficient (Wildman–Crippen LogP) is 3.25. The molecule has 5 nitrogen and oxygen atoms in total. The Morgan fingerprint density at radius 2 is 2.04 bits per heavy atom. The largest absolute Gasteiger partial charge is 0.331 e. The van der Waals surface area contributed by atoms with Crippen molar-refractivity contribution in [1.29, 1.82) is 0 Å². The van der Waals surface area contributed by atoms with E-state index in [4.69, 9.17) is 0 Å². The van der Waals surface area contributed by atoms with E-state index < -0.39 is 0 Å². The number of hydrogen-bond acceptors (Lipinski definition) is 2. The smallest absolute Gasteiger partial charge is 0.319 e. The maximum absolute atomic E-state index is 12.2. The summed E-state index contributed by atoms with van der Waals surface area (Å²) in [6.07, 6.45) is 4.16. The van der Waals surface area contributed by atoms with Crippen molar-refractivity contribution < 1.29 is 4.79 Å². The summed E-state index contributed by atoms with van der Waals surface area (Å²) in [5.74, 6) is 1.49. The number of rotatable bonds is 3. The highest BCUT2D eigenvalue weighted by Gasteiger charge is 2.25. The van der Waals surface area contributed by atoms with Crippen LogP contribution in [0.5, 0.6) is 0 Å². The molecule has 1 atom stereocenters. The van der Waals surface area contributed by atoms with Gasteiger partial charge in [-0.25, -0.2) is 9.78 Å². The number of hydrogen-bond donors (Lipinski definition) is 0. The Bertz CT molecular complexity index is 693. The molecule has 1 aromatic heterocycles. The molecule has 1 aliphatic rings. The van der Waals surface area contributed by atoms with Gasteiger partial charge in [0.2, 0.25) is 0 Å². The zero-order valence-corrected chi connectivity index (χ0v) is 14.8. The molecule has 0 aliphatic carbocycles. The second-order valence-corrected chi connectivity index (χ2v) is 6.83. The van der Waals surface area contributed by atoms with Crippen LogP contribution in [0.2, 0.25) is 0 Å². The zero-order valence-electron chi connectivity index (χ0n) is 14.8. The first-order valence-corrected chi connectivity index (χ1v) is 8.60. The summed E-state index contributed by atoms with van der Waals surface area (Å²) in [6, 6.07) is 10.4. The van der Waals surface area contributed by atoms with Crippen LogP contribution >= 0.6 is 0 Å². The van der Waals surface area contributed by atoms with E-state index >= 15 is 0 Å². The second kappa shape index (κ2) is 7.07. The van der Waals surface area contributed by atoms with Crippen LogP contribution in [-0.4, -0.2) is 52.6 Å². The molecule has 0 N–H and O–H groups in total. The summed E-state index contributed by atoms with van der Waals surface area (Å²) in [7, 11) is 3.64. The van der Waals surface area contributed by atoms with Crippen LogP contribution in [0.15, 0.2) is 36.5 Å². The van der Waals surface area contributed by atoms with E-state index in [1.165, 1.54) is 5.69 Å². The van der Waals surface area contributed by atoms with Crippen LogP contribution in [0, 0.1) is 12.8 Å². The lowest BCUT2D eigenvalue weighted by atomic mass is 9.98. The number of carbonyl (C=O) groups is 1. The summed E-state index contributed by atoms with van der Waals surface area (Å²) >= 11 is 0. The van der Waals surface area contributed by atoms with Crippen LogP contribution in [0.25, 0.3) is 11.4 Å². The fourth-order valence-electron chi connectivity index (χ4n) is 3.44. The predicted molar refractivity (Wildman–Crippen MR) is 95.8 cm³/mol. The van der Waals surface area contributed by atoms with Crippen LogP contribution < -0.4 is 0 Å². The maximum atomic E-state index is 12.2. The third-order valence-electron chi connectivity index (χ3n) is 4.70. The zero-order chi connectivity index (χ0) is 17.1. The molecule has 1 aliphatic heterocycles. The number of aromatic nitrogens is 2. The third kappa shape index (κ3) is 3.45. The quantitative estimate of drug-likeness (QED) is 0.869. The topological polar surface area (TPSA) is 41.4 Å². The number of nitrogens with zero attached hydrogens (tertiary/aromatic N) is 4. The molecule has 1 saturated heterocycles. The fraction of sp³-hybridized carbons (Fsp3) is 0.474. The van der Waals surface area contributed by atoms with Gasteiger partial charge in [-0.05, 0) is 25.7 Å². The van der Waals surface area contributed by atoms with Gasteiger partial charge in [0, 0.05) is 51.2 Å². The summed E-state index contributed by atoms with van der Waals surface area (Å²) in [5, 5.41) is 0. The normalized spacial score (nSPS) is 17.8. The second-order valence-electron chi connectivity index (χ2n) is 6.83. The van der Waals surface area contributed by atoms with E-state index in [-0.39, 0.29) is 6.03 Å². The number of benzene rings is 1. The molecule has 1 aromatic carbocycles. The molecule has 3 rings (SSSR count). The molecule has 2 amide bonds. The Morgan fingerprint density at radius 1 is 1.29 bits per heavy atom. The first-order valence-electron chi connectivity index (χ1n) is 8.60. The van der Waals surface area contributed by atoms with Crippen molar-refractivity contribution in [3.8, 4) is 11.4 Å². The molecule has 128 valence electrons. The number of urea groups is 1. The minimum Gasteiger partial charge on any atom is -0.331 e. The van der Waals surface area contributed by atoms with E-state index in [2.05, 4.69) is 28.6 Å². The summed E-state index contributed by atoms with van der Waals surface area (Å²) in [6.45, 7) is 4.70. The van der Waals surface area contributed by atoms with E-state index in [1.54, 1.807) is 4.90 Å². The standard InChI is InChI=1S/C19H26N4O/c1-15-12-20-18(17-9-5-4-6-10-17)23(15)14-16-8-7-11-22(13-16)19(24)21(2)3/h4-6,9-10,12,16H,7-8,11,13-14H2,1-3H3. The Morgan fingerprint density at radius 3 is 2.75 bits per heavy atom. The van der Waals surface area contributed by atoms with Gasteiger partial charge in [0.05, 0.1) is 0 Å². The van der Waals surface area contributed by atoms with Crippen molar-refractivity contribution in [2.45, 2.75) is 26.3 Å². The molecular formula is C19H26N4O. The number of imidazole rings is 1. The van der Waals surface area contributed by atoms with Crippen molar-refractivity contribution in [3.05, 3.63) is 42.2 Å². The minimum absolute atomic E-state index is 0.116. The number of piperidine rings is 1. The Hall–Kier alpha value is -2.30. The Balaban J connectivity index is 1.77. The van der Waals surface area contributed by atoms with Crippen molar-refractivity contribution in [2.75, 3.05) is 27.2 Å². The third-order valence-corrected chi connectivity index (χ3v) is 4.70. The highest BCUT2D eigenvalue weighted by atomic mass is 16.2. The SMILES string of the molecule is Cc1cnc(-c2ccccc2)n1CC1CCCN(C(=O)N(C)C)C1. The minimum atomic E-state index is 0.116. The summed E-state index contributed by atoms with van der Waals surface area (Å²) < 4.78 is 2.30. The summed E-state index contributed by atoms with van der Waals surface area (Å²) in [5.41, 5.74) is 2.31. The molecule has 2 heterocycles. The van der Waals surface area contributed by atoms with E-state index in [0.717, 1.165) is 43.9 Å². The lowest BCUT2D eigenvalue weighted by Crippen LogP contribution is -2.45. The van der Waals surface area contributed by atoms with Crippen molar-refractivity contribution in [2.24, 2.45) is 5.92 Å². The van der Waals surface area contributed by atoms with Gasteiger partial charge >= 0.3 is 6.03 Å². The van der Waals surface area contributed by atoms with Crippen molar-refractivity contribution in [3.63, 3.8) is 0 Å². The number of aryl methyl sites for hydroxylation is 1. The first kappa shape index (κ1) is 16.6. The lowest BCUT2D eigenvalue weighted by molar-refractivity contribution is 0.138. The molecule has 0 spiro atoms. The molecule has 2 aromatic rings. The van der Waals surface area contributed by atoms with Crippen molar-refractivity contribution in [1.82, 2.24) is 19.4 Å². The monoisotopic (exact) mass is 326 g/mol. The summed E-state index contributed by atoms with van der Waals surface area (Å²) in [4.78, 5) is 20.5. The number of amides is 2. The highest BCUT2D eigenvalue weighted by Crippen LogP contribution is 2.24. The van der Waals surface area contributed by atoms with E-state index in [1.807, 2.05) is 43.4 Å². The maximum Gasteiger partial charge on any atom is 0.319 e. The van der Waals surface area contributed by atoms with Crippen LogP contribution in [0.4, 0.5) is 4.79 Å². The molecule has 24 heavy (non-hydrogen) atoms. The highest BCUT2D eigenvalue weighted by molar-refractivity contribution is 5.73. The number of likely N-dealkylation sites (tertiary alicyclic amines) is 1. The molecule has 0 radical (unpaired) electrons. The van der Waals surface area contributed by atoms with Crippen LogP contribution in [-0.2, 0) is 6.54 Å². The van der Waals surface area contributed by atoms with Gasteiger partial charge in [-0.2, -0.15) is 0 Å². The van der Waals surface area contributed by atoms with Gasteiger partial charge in [-0.1, -0.05) is 30.3 Å². The average molecular weight is 326 g/mol. The average Bonchev–Trinajstić information content (AvgIpc) is 2.96. The van der Waals surface area contributed by atoms with Crippen molar-refractivity contribution >= 4 is 6.03 Å². The molecule has 0 saturated carbocycles. The van der Waals surface area contributed by atoms with Gasteiger partial charge in [0.15, 0.2) is 0 Å². The molecule has 5 heteroatoms. The van der Waals surface area contributed by atoms with Gasteiger partial charge in [-0.3, -0.25) is 0 Å². The van der Waals surface area contributed by atoms with E-state index in [9.17, 15) is 4.79 Å². The Kier molecular flexibility index (Phi) is 4.88. The first-order chi connectivity index (χ1) is 11.6. The fourth-order valence-corrected chi connectivity index (χ4v) is 3.44. The molecule has 1 fully saturated rings. The molecule has 0 bridgehead atoms. The molecule has 1 unspecified atom stereocenters. The van der Waals surface area contributed by atoms with Crippen LogP contribution in [0.3, 0.4) is 0 Å². The van der Waals surface area contributed by atoms with Crippen LogP contribution in [0.1, 0.15) is 18.5 Å². The number of carbonyl (C=O) groups excluding carboxylic acids is 1.